The molecule has 0 spiro atoms. The topological polar surface area (TPSA) is 53.0 Å². The molecule has 90 valence electrons. The molecule has 0 aliphatic carbocycles. The van der Waals surface area contributed by atoms with Crippen LogP contribution >= 0.6 is 0 Å². The van der Waals surface area contributed by atoms with Gasteiger partial charge in [0.25, 0.3) is 0 Å². The molecule has 3 nitrogen and oxygen atoms in total. The number of anilines is 1. The molecule has 0 saturated carbocycles. The van der Waals surface area contributed by atoms with E-state index in [0.717, 1.165) is 24.2 Å². The van der Waals surface area contributed by atoms with Gasteiger partial charge in [-0.2, -0.15) is 5.26 Å². The summed E-state index contributed by atoms with van der Waals surface area (Å²) in [4.78, 5) is 2.31. The second-order valence-electron chi connectivity index (χ2n) is 4.71. The maximum atomic E-state index is 9.19. The second kappa shape index (κ2) is 5.20. The van der Waals surface area contributed by atoms with Crippen molar-refractivity contribution in [2.45, 2.75) is 32.2 Å². The molecule has 2 N–H and O–H groups in total. The van der Waals surface area contributed by atoms with Crippen molar-refractivity contribution in [1.82, 2.24) is 0 Å². The highest BCUT2D eigenvalue weighted by atomic mass is 15.2. The van der Waals surface area contributed by atoms with Crippen molar-refractivity contribution in [1.29, 1.82) is 5.26 Å². The number of aryl methyl sites for hydroxylation is 1. The van der Waals surface area contributed by atoms with Crippen LogP contribution < -0.4 is 10.6 Å². The molecule has 1 saturated heterocycles. The summed E-state index contributed by atoms with van der Waals surface area (Å²) in [5.41, 5.74) is 8.85. The quantitative estimate of drug-likeness (QED) is 0.845. The van der Waals surface area contributed by atoms with Gasteiger partial charge in [-0.25, -0.2) is 0 Å². The van der Waals surface area contributed by atoms with E-state index in [9.17, 15) is 5.26 Å². The van der Waals surface area contributed by atoms with Gasteiger partial charge in [0, 0.05) is 19.1 Å². The third-order valence-corrected chi connectivity index (χ3v) is 3.48. The van der Waals surface area contributed by atoms with Crippen LogP contribution in [0.15, 0.2) is 18.2 Å². The summed E-state index contributed by atoms with van der Waals surface area (Å²) in [6, 6.07) is 8.67. The van der Waals surface area contributed by atoms with Crippen molar-refractivity contribution in [3.05, 3.63) is 29.3 Å². The summed E-state index contributed by atoms with van der Waals surface area (Å²) in [5.74, 6) is 0. The average Bonchev–Trinajstić information content (AvgIpc) is 2.38. The van der Waals surface area contributed by atoms with Crippen LogP contribution in [-0.2, 0) is 0 Å². The molecule has 1 aliphatic heterocycles. The monoisotopic (exact) mass is 229 g/mol. The highest BCUT2D eigenvalue weighted by Crippen LogP contribution is 2.28. The van der Waals surface area contributed by atoms with Crippen molar-refractivity contribution < 1.29 is 0 Å². The lowest BCUT2D eigenvalue weighted by atomic mass is 9.99. The molecular weight excluding hydrogens is 210 g/mol. The number of nitrogens with zero attached hydrogens (tertiary/aromatic N) is 2. The molecule has 1 heterocycles. The third-order valence-electron chi connectivity index (χ3n) is 3.48. The van der Waals surface area contributed by atoms with Crippen molar-refractivity contribution in [3.63, 3.8) is 0 Å². The Bertz CT molecular complexity index is 434. The number of rotatable bonds is 2. The third kappa shape index (κ3) is 2.42. The lowest BCUT2D eigenvalue weighted by Gasteiger charge is -2.37. The van der Waals surface area contributed by atoms with Crippen LogP contribution in [0.3, 0.4) is 0 Å². The number of nitrogens with two attached hydrogens (primary N) is 1. The highest BCUT2D eigenvalue weighted by molar-refractivity contribution is 5.61. The second-order valence-corrected chi connectivity index (χ2v) is 4.71. The summed E-state index contributed by atoms with van der Waals surface area (Å²) in [7, 11) is 0. The van der Waals surface area contributed by atoms with E-state index in [2.05, 4.69) is 24.0 Å². The van der Waals surface area contributed by atoms with E-state index in [1.807, 2.05) is 12.1 Å². The van der Waals surface area contributed by atoms with E-state index in [4.69, 9.17) is 5.73 Å². The molecular formula is C14H19N3. The van der Waals surface area contributed by atoms with Gasteiger partial charge in [0.15, 0.2) is 0 Å². The van der Waals surface area contributed by atoms with Crippen LogP contribution in [0.2, 0.25) is 0 Å². The molecule has 1 aromatic carbocycles. The Balaban J connectivity index is 2.37. The Morgan fingerprint density at radius 3 is 3.00 bits per heavy atom. The molecule has 0 aromatic heterocycles. The van der Waals surface area contributed by atoms with E-state index in [0.29, 0.717) is 12.6 Å². The van der Waals surface area contributed by atoms with Crippen molar-refractivity contribution in [3.8, 4) is 6.07 Å². The van der Waals surface area contributed by atoms with Crippen molar-refractivity contribution in [2.75, 3.05) is 18.0 Å². The predicted molar refractivity (Wildman–Crippen MR) is 69.9 cm³/mol. The predicted octanol–water partition coefficient (Wildman–Crippen LogP) is 2.18. The molecule has 1 atom stereocenters. The minimum absolute atomic E-state index is 0.387. The van der Waals surface area contributed by atoms with E-state index in [1.54, 1.807) is 0 Å². The van der Waals surface area contributed by atoms with Gasteiger partial charge < -0.3 is 10.6 Å². The zero-order valence-electron chi connectivity index (χ0n) is 10.3. The van der Waals surface area contributed by atoms with Gasteiger partial charge >= 0.3 is 0 Å². The molecule has 1 fully saturated rings. The van der Waals surface area contributed by atoms with Crippen LogP contribution in [0.1, 0.15) is 30.4 Å². The zero-order chi connectivity index (χ0) is 12.3. The number of benzene rings is 1. The molecule has 0 amide bonds. The summed E-state index contributed by atoms with van der Waals surface area (Å²) in [5, 5.41) is 9.19. The van der Waals surface area contributed by atoms with Gasteiger partial charge in [0.05, 0.1) is 11.3 Å². The van der Waals surface area contributed by atoms with Crippen LogP contribution in [0, 0.1) is 18.3 Å². The molecule has 2 rings (SSSR count). The van der Waals surface area contributed by atoms with Crippen LogP contribution in [-0.4, -0.2) is 19.1 Å². The first-order valence-corrected chi connectivity index (χ1v) is 6.23. The smallest absolute Gasteiger partial charge is 0.101 e. The molecule has 17 heavy (non-hydrogen) atoms. The molecule has 0 bridgehead atoms. The summed E-state index contributed by atoms with van der Waals surface area (Å²) in [6.07, 6.45) is 3.57. The van der Waals surface area contributed by atoms with E-state index >= 15 is 0 Å². The van der Waals surface area contributed by atoms with Gasteiger partial charge in [0.1, 0.15) is 6.07 Å². The van der Waals surface area contributed by atoms with Gasteiger partial charge in [-0.15, -0.1) is 0 Å². The Morgan fingerprint density at radius 1 is 1.47 bits per heavy atom. The average molecular weight is 229 g/mol. The summed E-state index contributed by atoms with van der Waals surface area (Å²) < 4.78 is 0. The minimum Gasteiger partial charge on any atom is -0.366 e. The lowest BCUT2D eigenvalue weighted by Crippen LogP contribution is -2.44. The summed E-state index contributed by atoms with van der Waals surface area (Å²) in [6.45, 7) is 3.74. The first-order chi connectivity index (χ1) is 8.26. The Morgan fingerprint density at radius 2 is 2.29 bits per heavy atom. The lowest BCUT2D eigenvalue weighted by molar-refractivity contribution is 0.465. The molecule has 3 heteroatoms. The van der Waals surface area contributed by atoms with Gasteiger partial charge in [0.2, 0.25) is 0 Å². The zero-order valence-corrected chi connectivity index (χ0v) is 10.3. The maximum Gasteiger partial charge on any atom is 0.101 e. The maximum absolute atomic E-state index is 9.19. The van der Waals surface area contributed by atoms with E-state index < -0.39 is 0 Å². The SMILES string of the molecule is Cc1ccc(C#N)c(N2CCCCC2CN)c1. The molecule has 1 unspecified atom stereocenters. The molecule has 0 radical (unpaired) electrons. The fourth-order valence-electron chi connectivity index (χ4n) is 2.54. The normalized spacial score (nSPS) is 20.1. The van der Waals surface area contributed by atoms with Crippen molar-refractivity contribution in [2.24, 2.45) is 5.73 Å². The van der Waals surface area contributed by atoms with Crippen LogP contribution in [0.5, 0.6) is 0 Å². The Kier molecular flexibility index (Phi) is 3.65. The van der Waals surface area contributed by atoms with Crippen LogP contribution in [0.25, 0.3) is 0 Å². The van der Waals surface area contributed by atoms with Gasteiger partial charge in [-0.05, 0) is 43.9 Å². The minimum atomic E-state index is 0.387. The molecule has 1 aromatic rings. The van der Waals surface area contributed by atoms with Gasteiger partial charge in [-0.1, -0.05) is 6.07 Å². The van der Waals surface area contributed by atoms with Crippen LogP contribution in [0.4, 0.5) is 5.69 Å². The highest BCUT2D eigenvalue weighted by Gasteiger charge is 2.23. The largest absolute Gasteiger partial charge is 0.366 e. The Hall–Kier alpha value is -1.53. The molecule has 1 aliphatic rings. The number of hydrogen-bond acceptors (Lipinski definition) is 3. The van der Waals surface area contributed by atoms with E-state index in [-0.39, 0.29) is 0 Å². The first-order valence-electron chi connectivity index (χ1n) is 6.23. The standard InChI is InChI=1S/C14H19N3/c1-11-5-6-12(9-15)14(8-11)17-7-3-2-4-13(17)10-16/h5-6,8,13H,2-4,7,10,16H2,1H3. The summed E-state index contributed by atoms with van der Waals surface area (Å²) >= 11 is 0. The van der Waals surface area contributed by atoms with E-state index in [1.165, 1.54) is 18.4 Å². The number of hydrogen-bond donors (Lipinski definition) is 1. The van der Waals surface area contributed by atoms with Crippen molar-refractivity contribution >= 4 is 5.69 Å². The fourth-order valence-corrected chi connectivity index (χ4v) is 2.54. The first kappa shape index (κ1) is 11.9. The number of piperidine rings is 1. The fraction of sp³-hybridized carbons (Fsp3) is 0.500. The Labute approximate surface area is 103 Å². The number of nitriles is 1. The van der Waals surface area contributed by atoms with Gasteiger partial charge in [-0.3, -0.25) is 0 Å².